The lowest BCUT2D eigenvalue weighted by Crippen LogP contribution is -2.18. The van der Waals surface area contributed by atoms with Gasteiger partial charge in [-0.1, -0.05) is 50.1 Å². The van der Waals surface area contributed by atoms with Gasteiger partial charge >= 0.3 is 0 Å². The molecule has 21 heavy (non-hydrogen) atoms. The zero-order valence-corrected chi connectivity index (χ0v) is 15.8. The van der Waals surface area contributed by atoms with E-state index in [0.29, 0.717) is 0 Å². The van der Waals surface area contributed by atoms with E-state index in [1.54, 1.807) is 7.11 Å². The molecule has 0 radical (unpaired) electrons. The molecule has 1 atom stereocenters. The number of aryl methyl sites for hydroxylation is 2. The van der Waals surface area contributed by atoms with Crippen LogP contribution in [-0.2, 0) is 0 Å². The molecule has 0 amide bonds. The molecule has 0 aromatic heterocycles. The summed E-state index contributed by atoms with van der Waals surface area (Å²) in [5.74, 6) is 0.962. The van der Waals surface area contributed by atoms with E-state index >= 15 is 0 Å². The van der Waals surface area contributed by atoms with Crippen molar-refractivity contribution in [3.63, 3.8) is 0 Å². The average Bonchev–Trinajstić information content (AvgIpc) is 2.41. The van der Waals surface area contributed by atoms with Crippen molar-refractivity contribution in [1.82, 2.24) is 5.32 Å². The van der Waals surface area contributed by atoms with Crippen molar-refractivity contribution in [3.05, 3.63) is 61.5 Å². The van der Waals surface area contributed by atoms with Crippen LogP contribution in [0, 0.1) is 13.8 Å². The van der Waals surface area contributed by atoms with Crippen LogP contribution in [0.1, 0.15) is 28.3 Å². The zero-order chi connectivity index (χ0) is 15.6. The van der Waals surface area contributed by atoms with Crippen molar-refractivity contribution in [2.24, 2.45) is 0 Å². The van der Waals surface area contributed by atoms with Crippen LogP contribution in [-0.4, -0.2) is 14.2 Å². The van der Waals surface area contributed by atoms with Crippen LogP contribution in [0.3, 0.4) is 0 Å². The van der Waals surface area contributed by atoms with E-state index in [-0.39, 0.29) is 6.04 Å². The Kier molecular flexibility index (Phi) is 5.47. The first-order valence-electron chi connectivity index (χ1n) is 6.75. The maximum absolute atomic E-state index is 5.45. The average molecular weight is 413 g/mol. The Hall–Kier alpha value is -0.840. The molecule has 2 aromatic rings. The normalized spacial score (nSPS) is 12.3. The fraction of sp³-hybridized carbons (Fsp3) is 0.294. The molecule has 2 rings (SSSR count). The molecule has 0 bridgehead atoms. The summed E-state index contributed by atoms with van der Waals surface area (Å²) >= 11 is 7.16. The predicted octanol–water partition coefficient (Wildman–Crippen LogP) is 5.15. The Morgan fingerprint density at radius 2 is 1.67 bits per heavy atom. The number of methoxy groups -OCH3 is 1. The highest BCUT2D eigenvalue weighted by Gasteiger charge is 2.17. The molecule has 4 heteroatoms. The minimum atomic E-state index is 0.135. The maximum atomic E-state index is 5.45. The smallest absolute Gasteiger partial charge is 0.124 e. The summed E-state index contributed by atoms with van der Waals surface area (Å²) in [6.07, 6.45) is 0. The van der Waals surface area contributed by atoms with Gasteiger partial charge in [0.2, 0.25) is 0 Å². The van der Waals surface area contributed by atoms with E-state index in [9.17, 15) is 0 Å². The Morgan fingerprint density at radius 1 is 1.05 bits per heavy atom. The van der Waals surface area contributed by atoms with Gasteiger partial charge in [0.05, 0.1) is 13.2 Å². The van der Waals surface area contributed by atoms with Gasteiger partial charge in [-0.2, -0.15) is 0 Å². The largest absolute Gasteiger partial charge is 0.496 e. The Balaban J connectivity index is 2.51. The van der Waals surface area contributed by atoms with Crippen LogP contribution in [0.25, 0.3) is 0 Å². The molecular weight excluding hydrogens is 394 g/mol. The Bertz CT molecular complexity index is 632. The highest BCUT2D eigenvalue weighted by molar-refractivity contribution is 9.11. The van der Waals surface area contributed by atoms with Gasteiger partial charge < -0.3 is 10.1 Å². The van der Waals surface area contributed by atoms with Crippen molar-refractivity contribution in [2.75, 3.05) is 14.2 Å². The third-order valence-electron chi connectivity index (χ3n) is 3.58. The lowest BCUT2D eigenvalue weighted by Gasteiger charge is -2.21. The predicted molar refractivity (Wildman–Crippen MR) is 95.2 cm³/mol. The lowest BCUT2D eigenvalue weighted by atomic mass is 9.95. The van der Waals surface area contributed by atoms with Crippen LogP contribution < -0.4 is 10.1 Å². The third-order valence-corrected chi connectivity index (χ3v) is 4.76. The fourth-order valence-electron chi connectivity index (χ4n) is 2.71. The van der Waals surface area contributed by atoms with Crippen LogP contribution in [0.15, 0.2) is 39.3 Å². The number of hydrogen-bond acceptors (Lipinski definition) is 2. The SMILES string of the molecule is CNC(c1cc(C)c(OC)c(C)c1)c1ccc(Br)cc1Br. The van der Waals surface area contributed by atoms with E-state index in [1.807, 2.05) is 7.05 Å². The van der Waals surface area contributed by atoms with E-state index in [0.717, 1.165) is 25.8 Å². The molecule has 0 aliphatic carbocycles. The van der Waals surface area contributed by atoms with Gasteiger partial charge in [0.15, 0.2) is 0 Å². The summed E-state index contributed by atoms with van der Waals surface area (Å²) in [6.45, 7) is 4.16. The first kappa shape index (κ1) is 16.5. The molecule has 0 aliphatic heterocycles. The molecule has 2 nitrogen and oxygen atoms in total. The number of ether oxygens (including phenoxy) is 1. The summed E-state index contributed by atoms with van der Waals surface area (Å²) in [6, 6.07) is 10.8. The van der Waals surface area contributed by atoms with Gasteiger partial charge in [-0.25, -0.2) is 0 Å². The van der Waals surface area contributed by atoms with Crippen LogP contribution in [0.4, 0.5) is 0 Å². The second-order valence-corrected chi connectivity index (χ2v) is 6.85. The second-order valence-electron chi connectivity index (χ2n) is 5.08. The Morgan fingerprint density at radius 3 is 2.14 bits per heavy atom. The number of nitrogens with one attached hydrogen (secondary N) is 1. The van der Waals surface area contributed by atoms with E-state index in [1.165, 1.54) is 11.1 Å². The minimum Gasteiger partial charge on any atom is -0.496 e. The molecular formula is C17H19Br2NO. The quantitative estimate of drug-likeness (QED) is 0.749. The molecule has 0 saturated heterocycles. The summed E-state index contributed by atoms with van der Waals surface area (Å²) in [5.41, 5.74) is 4.75. The van der Waals surface area contributed by atoms with Crippen molar-refractivity contribution in [3.8, 4) is 5.75 Å². The molecule has 0 saturated carbocycles. The summed E-state index contributed by atoms with van der Waals surface area (Å²) < 4.78 is 7.60. The van der Waals surface area contributed by atoms with Crippen LogP contribution in [0.2, 0.25) is 0 Å². The first-order chi connectivity index (χ1) is 9.97. The monoisotopic (exact) mass is 411 g/mol. The topological polar surface area (TPSA) is 21.3 Å². The molecule has 0 spiro atoms. The maximum Gasteiger partial charge on any atom is 0.124 e. The standard InChI is InChI=1S/C17H19Br2NO/c1-10-7-12(8-11(2)17(10)21-4)16(20-3)14-6-5-13(18)9-15(14)19/h5-9,16,20H,1-4H3. The number of halogens is 2. The molecule has 1 unspecified atom stereocenters. The second kappa shape index (κ2) is 6.95. The van der Waals surface area contributed by atoms with Gasteiger partial charge in [0, 0.05) is 8.95 Å². The van der Waals surface area contributed by atoms with Crippen molar-refractivity contribution in [1.29, 1.82) is 0 Å². The zero-order valence-electron chi connectivity index (χ0n) is 12.6. The molecule has 0 aliphatic rings. The van der Waals surface area contributed by atoms with Crippen molar-refractivity contribution in [2.45, 2.75) is 19.9 Å². The third kappa shape index (κ3) is 3.50. The number of hydrogen-bond donors (Lipinski definition) is 1. The summed E-state index contributed by atoms with van der Waals surface area (Å²) in [5, 5.41) is 3.40. The molecule has 0 heterocycles. The van der Waals surface area contributed by atoms with E-state index in [4.69, 9.17) is 4.74 Å². The highest BCUT2D eigenvalue weighted by atomic mass is 79.9. The van der Waals surface area contributed by atoms with Gasteiger partial charge in [0.1, 0.15) is 5.75 Å². The summed E-state index contributed by atoms with van der Waals surface area (Å²) in [4.78, 5) is 0. The Labute approximate surface area is 143 Å². The van der Waals surface area contributed by atoms with Gasteiger partial charge in [-0.15, -0.1) is 0 Å². The van der Waals surface area contributed by atoms with Crippen molar-refractivity contribution >= 4 is 31.9 Å². The minimum absolute atomic E-state index is 0.135. The molecule has 112 valence electrons. The number of benzene rings is 2. The number of rotatable bonds is 4. The van der Waals surface area contributed by atoms with Crippen molar-refractivity contribution < 1.29 is 4.74 Å². The van der Waals surface area contributed by atoms with Crippen LogP contribution in [0.5, 0.6) is 5.75 Å². The van der Waals surface area contributed by atoms with Crippen LogP contribution >= 0.6 is 31.9 Å². The molecule has 1 N–H and O–H groups in total. The molecule has 0 fully saturated rings. The molecule has 2 aromatic carbocycles. The van der Waals surface area contributed by atoms with E-state index in [2.05, 4.69) is 81.4 Å². The van der Waals surface area contributed by atoms with E-state index < -0.39 is 0 Å². The van der Waals surface area contributed by atoms with Gasteiger partial charge in [-0.05, 0) is 55.3 Å². The highest BCUT2D eigenvalue weighted by Crippen LogP contribution is 2.34. The van der Waals surface area contributed by atoms with Gasteiger partial charge in [0.25, 0.3) is 0 Å². The fourth-order valence-corrected chi connectivity index (χ4v) is 3.99. The lowest BCUT2D eigenvalue weighted by molar-refractivity contribution is 0.408. The summed E-state index contributed by atoms with van der Waals surface area (Å²) in [7, 11) is 3.70. The van der Waals surface area contributed by atoms with Gasteiger partial charge in [-0.3, -0.25) is 0 Å². The first-order valence-corrected chi connectivity index (χ1v) is 8.34.